The molecule has 1 atom stereocenters. The Morgan fingerprint density at radius 2 is 1.79 bits per heavy atom. The summed E-state index contributed by atoms with van der Waals surface area (Å²) < 4.78 is 5.21. The fraction of sp³-hybridized carbons (Fsp3) is 0.286. The van der Waals surface area contributed by atoms with Gasteiger partial charge in [0.25, 0.3) is 5.91 Å². The van der Waals surface area contributed by atoms with E-state index in [-0.39, 0.29) is 18.6 Å². The second kappa shape index (κ2) is 9.14. The molecule has 2 aromatic rings. The molecule has 0 bridgehead atoms. The van der Waals surface area contributed by atoms with Crippen molar-refractivity contribution in [3.05, 3.63) is 60.2 Å². The van der Waals surface area contributed by atoms with Gasteiger partial charge < -0.3 is 19.6 Å². The summed E-state index contributed by atoms with van der Waals surface area (Å²) in [6, 6.07) is 17.1. The number of rotatable bonds is 7. The molecule has 1 aliphatic heterocycles. The second-order valence-corrected chi connectivity index (χ2v) is 6.48. The van der Waals surface area contributed by atoms with Gasteiger partial charge in [-0.15, -0.1) is 0 Å². The van der Waals surface area contributed by atoms with Crippen molar-refractivity contribution in [2.75, 3.05) is 26.9 Å². The number of carboxylic acids is 1. The zero-order valence-corrected chi connectivity index (χ0v) is 15.6. The minimum atomic E-state index is -1.04. The molecule has 0 spiro atoms. The molecule has 1 aliphatic rings. The number of amides is 1. The zero-order valence-electron chi connectivity index (χ0n) is 15.6. The summed E-state index contributed by atoms with van der Waals surface area (Å²) in [6.45, 7) is 0.0537. The Bertz CT molecular complexity index is 849. The van der Waals surface area contributed by atoms with Crippen LogP contribution in [-0.2, 0) is 14.4 Å². The van der Waals surface area contributed by atoms with Gasteiger partial charge in [-0.3, -0.25) is 4.79 Å². The van der Waals surface area contributed by atoms with Crippen LogP contribution in [0.5, 0.6) is 0 Å². The first-order valence-corrected chi connectivity index (χ1v) is 8.93. The van der Waals surface area contributed by atoms with Gasteiger partial charge >= 0.3 is 5.97 Å². The lowest BCUT2D eigenvalue weighted by Gasteiger charge is -2.24. The van der Waals surface area contributed by atoms with Crippen molar-refractivity contribution in [3.63, 3.8) is 0 Å². The van der Waals surface area contributed by atoms with Crippen LogP contribution in [-0.4, -0.2) is 60.5 Å². The SMILES string of the molecule is CO/N=C1\CC(COCC(=O)O)N(C(=O)c2ccc(-c3ccccc3)cc2)C1. The topological polar surface area (TPSA) is 88.4 Å². The number of hydrogen-bond donors (Lipinski definition) is 1. The van der Waals surface area contributed by atoms with Crippen molar-refractivity contribution in [2.45, 2.75) is 12.5 Å². The average molecular weight is 382 g/mol. The maximum Gasteiger partial charge on any atom is 0.329 e. The molecule has 28 heavy (non-hydrogen) atoms. The lowest BCUT2D eigenvalue weighted by molar-refractivity contribution is -0.142. The van der Waals surface area contributed by atoms with E-state index in [1.165, 1.54) is 7.11 Å². The molecule has 0 radical (unpaired) electrons. The van der Waals surface area contributed by atoms with E-state index in [4.69, 9.17) is 14.7 Å². The molecule has 7 heteroatoms. The van der Waals surface area contributed by atoms with Crippen LogP contribution in [0.3, 0.4) is 0 Å². The predicted molar refractivity (Wildman–Crippen MR) is 104 cm³/mol. The second-order valence-electron chi connectivity index (χ2n) is 6.48. The maximum absolute atomic E-state index is 13.0. The van der Waals surface area contributed by atoms with Crippen molar-refractivity contribution < 1.29 is 24.3 Å². The fourth-order valence-electron chi connectivity index (χ4n) is 3.24. The highest BCUT2D eigenvalue weighted by atomic mass is 16.6. The number of aliphatic carboxylic acids is 1. The molecule has 0 aliphatic carbocycles. The number of carboxylic acid groups (broad SMARTS) is 1. The number of oxime groups is 1. The van der Waals surface area contributed by atoms with Crippen LogP contribution in [0.4, 0.5) is 0 Å². The Kier molecular flexibility index (Phi) is 6.39. The Morgan fingerprint density at radius 3 is 2.43 bits per heavy atom. The van der Waals surface area contributed by atoms with Crippen LogP contribution < -0.4 is 0 Å². The van der Waals surface area contributed by atoms with Gasteiger partial charge in [-0.2, -0.15) is 0 Å². The van der Waals surface area contributed by atoms with Crippen LogP contribution in [0.2, 0.25) is 0 Å². The number of carbonyl (C=O) groups is 2. The molecule has 1 unspecified atom stereocenters. The Labute approximate surface area is 163 Å². The third-order valence-electron chi connectivity index (χ3n) is 4.52. The van der Waals surface area contributed by atoms with E-state index in [1.807, 2.05) is 42.5 Å². The van der Waals surface area contributed by atoms with E-state index in [0.29, 0.717) is 18.5 Å². The molecule has 1 amide bonds. The number of benzene rings is 2. The van der Waals surface area contributed by atoms with Crippen LogP contribution in [0.25, 0.3) is 11.1 Å². The molecule has 0 aromatic heterocycles. The summed E-state index contributed by atoms with van der Waals surface area (Å²) in [5.41, 5.74) is 3.39. The number of nitrogens with zero attached hydrogens (tertiary/aromatic N) is 2. The Hall–Kier alpha value is -3.19. The van der Waals surface area contributed by atoms with Crippen LogP contribution in [0, 0.1) is 0 Å². The summed E-state index contributed by atoms with van der Waals surface area (Å²) >= 11 is 0. The third kappa shape index (κ3) is 4.75. The van der Waals surface area contributed by atoms with Gasteiger partial charge in [-0.05, 0) is 23.3 Å². The van der Waals surface area contributed by atoms with Crippen molar-refractivity contribution >= 4 is 17.6 Å². The van der Waals surface area contributed by atoms with Gasteiger partial charge in [0.2, 0.25) is 0 Å². The molecule has 3 rings (SSSR count). The molecule has 146 valence electrons. The van der Waals surface area contributed by atoms with E-state index in [1.54, 1.807) is 17.0 Å². The molecule has 1 fully saturated rings. The molecule has 1 N–H and O–H groups in total. The van der Waals surface area contributed by atoms with Crippen molar-refractivity contribution in [3.8, 4) is 11.1 Å². The van der Waals surface area contributed by atoms with E-state index in [0.717, 1.165) is 16.8 Å². The van der Waals surface area contributed by atoms with Gasteiger partial charge in [-0.1, -0.05) is 47.6 Å². The number of hydrogen-bond acceptors (Lipinski definition) is 5. The Balaban J connectivity index is 1.74. The molecular formula is C21H22N2O5. The quantitative estimate of drug-likeness (QED) is 0.744. The van der Waals surface area contributed by atoms with E-state index < -0.39 is 12.6 Å². The number of likely N-dealkylation sites (tertiary alicyclic amines) is 1. The monoisotopic (exact) mass is 382 g/mol. The van der Waals surface area contributed by atoms with Crippen LogP contribution >= 0.6 is 0 Å². The van der Waals surface area contributed by atoms with Gasteiger partial charge in [0.05, 0.1) is 24.9 Å². The maximum atomic E-state index is 13.0. The normalized spacial score (nSPS) is 17.7. The standard InChI is InChI=1S/C21H22N2O5/c1-27-22-18-11-19(13-28-14-20(24)25)23(12-18)21(26)17-9-7-16(8-10-17)15-5-3-2-4-6-15/h2-10,19H,11-14H2,1H3,(H,24,25)/b22-18+. The van der Waals surface area contributed by atoms with E-state index in [2.05, 4.69) is 5.16 Å². The number of ether oxygens (including phenoxy) is 1. The summed E-state index contributed by atoms with van der Waals surface area (Å²) in [7, 11) is 1.45. The van der Waals surface area contributed by atoms with Crippen LogP contribution in [0.15, 0.2) is 59.8 Å². The third-order valence-corrected chi connectivity index (χ3v) is 4.52. The molecule has 1 heterocycles. The summed E-state index contributed by atoms with van der Waals surface area (Å²) in [5, 5.41) is 12.7. The minimum Gasteiger partial charge on any atom is -0.480 e. The zero-order chi connectivity index (χ0) is 19.9. The molecule has 1 saturated heterocycles. The van der Waals surface area contributed by atoms with Gasteiger partial charge in [-0.25, -0.2) is 4.79 Å². The Morgan fingerprint density at radius 1 is 1.11 bits per heavy atom. The highest BCUT2D eigenvalue weighted by molar-refractivity contribution is 6.00. The molecule has 2 aromatic carbocycles. The van der Waals surface area contributed by atoms with Gasteiger partial charge in [0, 0.05) is 12.0 Å². The van der Waals surface area contributed by atoms with Crippen LogP contribution in [0.1, 0.15) is 16.8 Å². The average Bonchev–Trinajstić information content (AvgIpc) is 3.11. The predicted octanol–water partition coefficient (Wildman–Crippen LogP) is 2.67. The lowest BCUT2D eigenvalue weighted by atomic mass is 10.0. The van der Waals surface area contributed by atoms with Crippen molar-refractivity contribution in [1.82, 2.24) is 4.90 Å². The fourth-order valence-corrected chi connectivity index (χ4v) is 3.24. The molecular weight excluding hydrogens is 360 g/mol. The summed E-state index contributed by atoms with van der Waals surface area (Å²) in [5.74, 6) is -1.19. The van der Waals surface area contributed by atoms with Crippen molar-refractivity contribution in [2.24, 2.45) is 5.16 Å². The van der Waals surface area contributed by atoms with Gasteiger partial charge in [0.15, 0.2) is 0 Å². The van der Waals surface area contributed by atoms with Gasteiger partial charge in [0.1, 0.15) is 13.7 Å². The lowest BCUT2D eigenvalue weighted by Crippen LogP contribution is -2.38. The highest BCUT2D eigenvalue weighted by Gasteiger charge is 2.34. The van der Waals surface area contributed by atoms with E-state index in [9.17, 15) is 9.59 Å². The highest BCUT2D eigenvalue weighted by Crippen LogP contribution is 2.23. The number of carbonyl (C=O) groups excluding carboxylic acids is 1. The first-order chi connectivity index (χ1) is 13.6. The molecule has 0 saturated carbocycles. The van der Waals surface area contributed by atoms with E-state index >= 15 is 0 Å². The smallest absolute Gasteiger partial charge is 0.329 e. The van der Waals surface area contributed by atoms with Crippen molar-refractivity contribution in [1.29, 1.82) is 0 Å². The summed E-state index contributed by atoms with van der Waals surface area (Å²) in [6.07, 6.45) is 0.487. The molecule has 7 nitrogen and oxygen atoms in total. The summed E-state index contributed by atoms with van der Waals surface area (Å²) in [4.78, 5) is 30.2. The largest absolute Gasteiger partial charge is 0.480 e. The first kappa shape index (κ1) is 19.6. The first-order valence-electron chi connectivity index (χ1n) is 8.93. The minimum absolute atomic E-state index is 0.128.